The van der Waals surface area contributed by atoms with Crippen LogP contribution in [0.25, 0.3) is 5.65 Å². The third-order valence-corrected chi connectivity index (χ3v) is 4.98. The molecule has 0 aliphatic heterocycles. The number of nitrogens with zero attached hydrogens (tertiary/aromatic N) is 2. The zero-order valence-electron chi connectivity index (χ0n) is 10.9. The topological polar surface area (TPSA) is 142 Å². The fourth-order valence-electron chi connectivity index (χ4n) is 1.97. The van der Waals surface area contributed by atoms with Crippen molar-refractivity contribution in [3.63, 3.8) is 0 Å². The van der Waals surface area contributed by atoms with Gasteiger partial charge in [0.25, 0.3) is 0 Å². The minimum Gasteiger partial charge on any atom is -0.368 e. The molecule has 116 valence electrons. The number of rotatable bonds is 5. The highest BCUT2D eigenvalue weighted by Crippen LogP contribution is 2.43. The minimum atomic E-state index is -4.57. The standard InChI is InChI=1S/C10H14N2O7P2/c1-19-10(21(16,17)18)5-7-3-2-4-8-11-6-9(12(7)8)20(13,14)15/h2-4,6,10H,5H2,1H3,(H2,13,14,15)(H2,16,17,18). The van der Waals surface area contributed by atoms with Crippen molar-refractivity contribution in [3.05, 3.63) is 30.1 Å². The van der Waals surface area contributed by atoms with E-state index in [4.69, 9.17) is 4.74 Å². The monoisotopic (exact) mass is 336 g/mol. The van der Waals surface area contributed by atoms with E-state index in [-0.39, 0.29) is 23.2 Å². The lowest BCUT2D eigenvalue weighted by atomic mass is 10.3. The van der Waals surface area contributed by atoms with Crippen LogP contribution >= 0.6 is 15.2 Å². The predicted molar refractivity (Wildman–Crippen MR) is 73.4 cm³/mol. The first kappa shape index (κ1) is 16.3. The van der Waals surface area contributed by atoms with Crippen molar-refractivity contribution in [3.8, 4) is 0 Å². The van der Waals surface area contributed by atoms with Crippen LogP contribution in [0.15, 0.2) is 24.4 Å². The lowest BCUT2D eigenvalue weighted by Gasteiger charge is -2.18. The van der Waals surface area contributed by atoms with Gasteiger partial charge < -0.3 is 24.3 Å². The van der Waals surface area contributed by atoms with Gasteiger partial charge in [-0.25, -0.2) is 4.98 Å². The zero-order valence-corrected chi connectivity index (χ0v) is 12.7. The average molecular weight is 336 g/mol. The highest BCUT2D eigenvalue weighted by molar-refractivity contribution is 7.60. The maximum absolute atomic E-state index is 11.5. The Morgan fingerprint density at radius 3 is 2.48 bits per heavy atom. The minimum absolute atomic E-state index is 0.221. The summed E-state index contributed by atoms with van der Waals surface area (Å²) in [5.74, 6) is -1.41. The molecule has 0 saturated heterocycles. The van der Waals surface area contributed by atoms with Crippen molar-refractivity contribution in [2.75, 3.05) is 7.11 Å². The second-order valence-electron chi connectivity index (χ2n) is 4.35. The Labute approximate surface area is 119 Å². The molecule has 4 N–H and O–H groups in total. The molecule has 0 amide bonds. The Hall–Kier alpha value is -1.05. The van der Waals surface area contributed by atoms with Crippen molar-refractivity contribution < 1.29 is 33.4 Å². The summed E-state index contributed by atoms with van der Waals surface area (Å²) in [7, 11) is -7.92. The van der Waals surface area contributed by atoms with Crippen molar-refractivity contribution in [2.45, 2.75) is 12.3 Å². The molecule has 2 rings (SSSR count). The van der Waals surface area contributed by atoms with Crippen LogP contribution in [0, 0.1) is 0 Å². The number of hydrogen-bond donors (Lipinski definition) is 4. The first-order valence-electron chi connectivity index (χ1n) is 5.74. The maximum Gasteiger partial charge on any atom is 0.374 e. The SMILES string of the molecule is COC(Cc1cccc2ncc(P(=O)(O)O)n12)P(=O)(O)O. The molecule has 11 heteroatoms. The number of fused-ring (bicyclic) bond motifs is 1. The van der Waals surface area contributed by atoms with Crippen molar-refractivity contribution in [1.29, 1.82) is 0 Å². The molecule has 1 unspecified atom stereocenters. The van der Waals surface area contributed by atoms with Crippen LogP contribution in [-0.4, -0.2) is 41.9 Å². The van der Waals surface area contributed by atoms with Crippen molar-refractivity contribution in [1.82, 2.24) is 9.38 Å². The third kappa shape index (κ3) is 3.41. The number of ether oxygens (including phenoxy) is 1. The van der Waals surface area contributed by atoms with Crippen LogP contribution in [0.1, 0.15) is 5.69 Å². The average Bonchev–Trinajstić information content (AvgIpc) is 2.78. The van der Waals surface area contributed by atoms with Crippen LogP contribution in [0.4, 0.5) is 0 Å². The Morgan fingerprint density at radius 2 is 1.95 bits per heavy atom. The molecule has 0 bridgehead atoms. The number of aromatic nitrogens is 2. The maximum atomic E-state index is 11.5. The second kappa shape index (κ2) is 5.62. The Balaban J connectivity index is 2.57. The van der Waals surface area contributed by atoms with E-state index >= 15 is 0 Å². The molecule has 0 aliphatic rings. The van der Waals surface area contributed by atoms with Gasteiger partial charge in [0.05, 0.1) is 6.20 Å². The molecule has 21 heavy (non-hydrogen) atoms. The lowest BCUT2D eigenvalue weighted by Crippen LogP contribution is -2.20. The first-order valence-corrected chi connectivity index (χ1v) is 9.03. The van der Waals surface area contributed by atoms with Crippen LogP contribution in [0.2, 0.25) is 0 Å². The Bertz CT molecular complexity index is 747. The van der Waals surface area contributed by atoms with Gasteiger partial charge in [0.15, 0.2) is 11.3 Å². The molecule has 0 spiro atoms. The summed E-state index contributed by atoms with van der Waals surface area (Å²) in [5.41, 5.74) is 0.207. The molecule has 0 radical (unpaired) electrons. The number of imidazole rings is 1. The third-order valence-electron chi connectivity index (χ3n) is 2.92. The van der Waals surface area contributed by atoms with Gasteiger partial charge in [0, 0.05) is 19.2 Å². The van der Waals surface area contributed by atoms with E-state index in [1.54, 1.807) is 6.07 Å². The van der Waals surface area contributed by atoms with E-state index in [2.05, 4.69) is 4.98 Å². The van der Waals surface area contributed by atoms with Gasteiger partial charge in [-0.05, 0) is 12.1 Å². The number of methoxy groups -OCH3 is 1. The Morgan fingerprint density at radius 1 is 1.29 bits per heavy atom. The largest absolute Gasteiger partial charge is 0.374 e. The molecule has 9 nitrogen and oxygen atoms in total. The van der Waals surface area contributed by atoms with E-state index in [1.807, 2.05) is 0 Å². The van der Waals surface area contributed by atoms with Gasteiger partial charge in [-0.1, -0.05) is 6.07 Å². The van der Waals surface area contributed by atoms with Crippen LogP contribution in [0.3, 0.4) is 0 Å². The van der Waals surface area contributed by atoms with Gasteiger partial charge in [-0.2, -0.15) is 0 Å². The summed E-state index contributed by atoms with van der Waals surface area (Å²) in [6, 6.07) is 4.60. The summed E-state index contributed by atoms with van der Waals surface area (Å²) >= 11 is 0. The number of pyridine rings is 1. The van der Waals surface area contributed by atoms with Crippen molar-refractivity contribution >= 4 is 26.3 Å². The summed E-state index contributed by atoms with van der Waals surface area (Å²) in [6.07, 6.45) is 0.820. The molecule has 2 heterocycles. The fourth-order valence-corrected chi connectivity index (χ4v) is 3.37. The Kier molecular flexibility index (Phi) is 4.37. The van der Waals surface area contributed by atoms with Gasteiger partial charge in [-0.15, -0.1) is 0 Å². The molecule has 2 aromatic rings. The highest BCUT2D eigenvalue weighted by Gasteiger charge is 2.31. The molecular weight excluding hydrogens is 322 g/mol. The molecule has 2 aromatic heterocycles. The van der Waals surface area contributed by atoms with Gasteiger partial charge in [0.1, 0.15) is 5.65 Å². The van der Waals surface area contributed by atoms with E-state index < -0.39 is 21.0 Å². The molecule has 0 aromatic carbocycles. The van der Waals surface area contributed by atoms with E-state index in [0.29, 0.717) is 0 Å². The van der Waals surface area contributed by atoms with Gasteiger partial charge >= 0.3 is 15.2 Å². The van der Waals surface area contributed by atoms with Gasteiger partial charge in [-0.3, -0.25) is 13.5 Å². The smallest absolute Gasteiger partial charge is 0.368 e. The summed E-state index contributed by atoms with van der Waals surface area (Å²) in [5, 5.41) is 0. The summed E-state index contributed by atoms with van der Waals surface area (Å²) in [4.78, 5) is 40.9. The van der Waals surface area contributed by atoms with Crippen LogP contribution in [0.5, 0.6) is 0 Å². The number of hydrogen-bond acceptors (Lipinski definition) is 4. The fraction of sp³-hybridized carbons (Fsp3) is 0.300. The second-order valence-corrected chi connectivity index (χ2v) is 7.66. The first-order chi connectivity index (χ1) is 9.64. The van der Waals surface area contributed by atoms with Gasteiger partial charge in [0.2, 0.25) is 0 Å². The highest BCUT2D eigenvalue weighted by atomic mass is 31.2. The molecule has 1 atom stereocenters. The predicted octanol–water partition coefficient (Wildman–Crippen LogP) is -0.170. The van der Waals surface area contributed by atoms with E-state index in [9.17, 15) is 28.7 Å². The summed E-state index contributed by atoms with van der Waals surface area (Å²) in [6.45, 7) is 0. The zero-order chi connectivity index (χ0) is 15.8. The normalized spacial score (nSPS) is 14.5. The molecular formula is C10H14N2O7P2. The van der Waals surface area contributed by atoms with E-state index in [1.165, 1.54) is 16.5 Å². The van der Waals surface area contributed by atoms with E-state index in [0.717, 1.165) is 13.3 Å². The molecule has 0 saturated carbocycles. The molecule has 0 aliphatic carbocycles. The quantitative estimate of drug-likeness (QED) is 0.551. The summed E-state index contributed by atoms with van der Waals surface area (Å²) < 4.78 is 28.7. The van der Waals surface area contributed by atoms with Crippen LogP contribution < -0.4 is 5.44 Å². The lowest BCUT2D eigenvalue weighted by molar-refractivity contribution is 0.135. The van der Waals surface area contributed by atoms with Crippen LogP contribution in [-0.2, 0) is 20.3 Å². The molecule has 0 fully saturated rings. The van der Waals surface area contributed by atoms with Crippen molar-refractivity contribution in [2.24, 2.45) is 0 Å².